The van der Waals surface area contributed by atoms with Crippen molar-refractivity contribution in [1.29, 1.82) is 0 Å². The van der Waals surface area contributed by atoms with Crippen molar-refractivity contribution < 1.29 is 8.78 Å². The van der Waals surface area contributed by atoms with E-state index >= 15 is 0 Å². The summed E-state index contributed by atoms with van der Waals surface area (Å²) < 4.78 is 26.9. The molecular weight excluding hydrogens is 244 g/mol. The van der Waals surface area contributed by atoms with Crippen molar-refractivity contribution in [3.05, 3.63) is 35.4 Å². The fraction of sp³-hybridized carbons (Fsp3) is 0.625. The summed E-state index contributed by atoms with van der Waals surface area (Å²) in [5.41, 5.74) is 0.521. The number of hydrogen-bond acceptors (Lipinski definition) is 1. The molecule has 1 aliphatic carbocycles. The summed E-state index contributed by atoms with van der Waals surface area (Å²) in [5, 5.41) is 3.55. The van der Waals surface area contributed by atoms with Crippen molar-refractivity contribution in [2.24, 2.45) is 11.8 Å². The third kappa shape index (κ3) is 3.33. The van der Waals surface area contributed by atoms with E-state index < -0.39 is 11.6 Å². The third-order valence-electron chi connectivity index (χ3n) is 4.40. The molecule has 19 heavy (non-hydrogen) atoms. The molecule has 0 saturated heterocycles. The summed E-state index contributed by atoms with van der Waals surface area (Å²) in [5.74, 6) is -0.427. The lowest BCUT2D eigenvalue weighted by atomic mass is 9.89. The van der Waals surface area contributed by atoms with Gasteiger partial charge in [-0.15, -0.1) is 0 Å². The first kappa shape index (κ1) is 14.4. The molecule has 0 bridgehead atoms. The van der Waals surface area contributed by atoms with E-state index in [2.05, 4.69) is 19.2 Å². The molecule has 0 amide bonds. The van der Waals surface area contributed by atoms with Crippen molar-refractivity contribution in [2.75, 3.05) is 6.54 Å². The first-order valence-electron chi connectivity index (χ1n) is 7.29. The Kier molecular flexibility index (Phi) is 4.92. The number of halogens is 2. The van der Waals surface area contributed by atoms with E-state index in [1.165, 1.54) is 6.07 Å². The van der Waals surface area contributed by atoms with Gasteiger partial charge >= 0.3 is 0 Å². The minimum absolute atomic E-state index is 0.450. The summed E-state index contributed by atoms with van der Waals surface area (Å²) in [4.78, 5) is 0. The Labute approximate surface area is 114 Å². The van der Waals surface area contributed by atoms with Crippen LogP contribution in [0.5, 0.6) is 0 Å². The monoisotopic (exact) mass is 267 g/mol. The van der Waals surface area contributed by atoms with Gasteiger partial charge in [0.1, 0.15) is 0 Å². The molecule has 1 N–H and O–H groups in total. The molecule has 2 rings (SSSR count). The highest BCUT2D eigenvalue weighted by molar-refractivity contribution is 5.20. The Morgan fingerprint density at radius 1 is 1.26 bits per heavy atom. The van der Waals surface area contributed by atoms with Crippen molar-refractivity contribution in [2.45, 2.75) is 45.6 Å². The van der Waals surface area contributed by atoms with Crippen LogP contribution in [0.15, 0.2) is 18.2 Å². The quantitative estimate of drug-likeness (QED) is 0.852. The average molecular weight is 267 g/mol. The minimum atomic E-state index is -0.733. The molecule has 3 atom stereocenters. The van der Waals surface area contributed by atoms with Crippen LogP contribution < -0.4 is 5.32 Å². The maximum Gasteiger partial charge on any atom is 0.162 e. The summed E-state index contributed by atoms with van der Waals surface area (Å²) in [6, 6.07) is 5.02. The molecular formula is C16H23F2N. The largest absolute Gasteiger partial charge is 0.314 e. The molecule has 0 heterocycles. The highest BCUT2D eigenvalue weighted by Crippen LogP contribution is 2.34. The van der Waals surface area contributed by atoms with Gasteiger partial charge in [-0.3, -0.25) is 0 Å². The predicted molar refractivity (Wildman–Crippen MR) is 74.0 cm³/mol. The third-order valence-corrected chi connectivity index (χ3v) is 4.40. The molecule has 1 fully saturated rings. The Morgan fingerprint density at radius 3 is 2.79 bits per heavy atom. The smallest absolute Gasteiger partial charge is 0.162 e. The standard InChI is InChI=1S/C16H23F2N/c1-3-9-19-15-8-7-12(11(15)2)10-13-5-4-6-14(17)16(13)18/h4-6,11-12,15,19H,3,7-10H2,1-2H3. The van der Waals surface area contributed by atoms with Crippen LogP contribution in [0.4, 0.5) is 8.78 Å². The zero-order valence-electron chi connectivity index (χ0n) is 11.8. The van der Waals surface area contributed by atoms with Crippen LogP contribution in [0.2, 0.25) is 0 Å². The van der Waals surface area contributed by atoms with Gasteiger partial charge in [-0.05, 0) is 55.7 Å². The zero-order valence-corrected chi connectivity index (χ0v) is 11.8. The van der Waals surface area contributed by atoms with Crippen LogP contribution in [-0.4, -0.2) is 12.6 Å². The number of nitrogens with one attached hydrogen (secondary N) is 1. The lowest BCUT2D eigenvalue weighted by Crippen LogP contribution is -2.33. The number of benzene rings is 1. The van der Waals surface area contributed by atoms with Crippen LogP contribution in [-0.2, 0) is 6.42 Å². The van der Waals surface area contributed by atoms with Crippen LogP contribution in [0.25, 0.3) is 0 Å². The van der Waals surface area contributed by atoms with Gasteiger partial charge in [-0.1, -0.05) is 26.0 Å². The molecule has 0 radical (unpaired) electrons. The second-order valence-corrected chi connectivity index (χ2v) is 5.67. The summed E-state index contributed by atoms with van der Waals surface area (Å²) in [6.07, 6.45) is 4.02. The molecule has 1 nitrogen and oxygen atoms in total. The predicted octanol–water partition coefficient (Wildman–Crippen LogP) is 3.92. The lowest BCUT2D eigenvalue weighted by molar-refractivity contribution is 0.347. The van der Waals surface area contributed by atoms with Crippen LogP contribution >= 0.6 is 0 Å². The van der Waals surface area contributed by atoms with E-state index in [0.717, 1.165) is 25.8 Å². The normalized spacial score (nSPS) is 26.8. The van der Waals surface area contributed by atoms with Crippen molar-refractivity contribution >= 4 is 0 Å². The van der Waals surface area contributed by atoms with Crippen molar-refractivity contribution in [1.82, 2.24) is 5.32 Å². The van der Waals surface area contributed by atoms with Crippen LogP contribution in [0.3, 0.4) is 0 Å². The second-order valence-electron chi connectivity index (χ2n) is 5.67. The summed E-state index contributed by atoms with van der Waals surface area (Å²) in [6.45, 7) is 5.42. The molecule has 3 heteroatoms. The fourth-order valence-corrected chi connectivity index (χ4v) is 3.14. The van der Waals surface area contributed by atoms with E-state index in [4.69, 9.17) is 0 Å². The van der Waals surface area contributed by atoms with Gasteiger partial charge in [0, 0.05) is 6.04 Å². The molecule has 0 aliphatic heterocycles. The van der Waals surface area contributed by atoms with E-state index in [1.54, 1.807) is 12.1 Å². The minimum Gasteiger partial charge on any atom is -0.314 e. The van der Waals surface area contributed by atoms with E-state index in [-0.39, 0.29) is 0 Å². The molecule has 106 valence electrons. The van der Waals surface area contributed by atoms with Gasteiger partial charge in [-0.25, -0.2) is 8.78 Å². The molecule has 0 aromatic heterocycles. The lowest BCUT2D eigenvalue weighted by Gasteiger charge is -2.22. The summed E-state index contributed by atoms with van der Waals surface area (Å²) >= 11 is 0. The second kappa shape index (κ2) is 6.47. The average Bonchev–Trinajstić information content (AvgIpc) is 2.74. The molecule has 1 aliphatic rings. The first-order chi connectivity index (χ1) is 9.13. The van der Waals surface area contributed by atoms with Crippen LogP contribution in [0, 0.1) is 23.5 Å². The van der Waals surface area contributed by atoms with Crippen LogP contribution in [0.1, 0.15) is 38.7 Å². The fourth-order valence-electron chi connectivity index (χ4n) is 3.14. The maximum atomic E-state index is 13.7. The Hall–Kier alpha value is -0.960. The summed E-state index contributed by atoms with van der Waals surface area (Å²) in [7, 11) is 0. The zero-order chi connectivity index (χ0) is 13.8. The molecule has 1 aromatic rings. The highest BCUT2D eigenvalue weighted by atomic mass is 19.2. The van der Waals surface area contributed by atoms with Gasteiger partial charge in [0.25, 0.3) is 0 Å². The Balaban J connectivity index is 1.98. The molecule has 0 spiro atoms. The van der Waals surface area contributed by atoms with Crippen molar-refractivity contribution in [3.8, 4) is 0 Å². The topological polar surface area (TPSA) is 12.0 Å². The molecule has 3 unspecified atom stereocenters. The van der Waals surface area contributed by atoms with Gasteiger partial charge in [0.05, 0.1) is 0 Å². The maximum absolute atomic E-state index is 13.7. The van der Waals surface area contributed by atoms with Gasteiger partial charge in [-0.2, -0.15) is 0 Å². The Bertz CT molecular complexity index is 419. The number of hydrogen-bond donors (Lipinski definition) is 1. The Morgan fingerprint density at radius 2 is 2.05 bits per heavy atom. The van der Waals surface area contributed by atoms with Gasteiger partial charge in [0.15, 0.2) is 11.6 Å². The van der Waals surface area contributed by atoms with Gasteiger partial charge in [0.2, 0.25) is 0 Å². The van der Waals surface area contributed by atoms with Gasteiger partial charge < -0.3 is 5.32 Å². The SMILES string of the molecule is CCCNC1CCC(Cc2cccc(F)c2F)C1C. The highest BCUT2D eigenvalue weighted by Gasteiger charge is 2.32. The first-order valence-corrected chi connectivity index (χ1v) is 7.29. The van der Waals surface area contributed by atoms with E-state index in [0.29, 0.717) is 29.9 Å². The molecule has 1 saturated carbocycles. The van der Waals surface area contributed by atoms with E-state index in [1.807, 2.05) is 0 Å². The van der Waals surface area contributed by atoms with E-state index in [9.17, 15) is 8.78 Å². The van der Waals surface area contributed by atoms with Crippen molar-refractivity contribution in [3.63, 3.8) is 0 Å². The molecule has 1 aromatic carbocycles. The number of rotatable bonds is 5.